The molecule has 0 saturated heterocycles. The van der Waals surface area contributed by atoms with Gasteiger partial charge in [0, 0.05) is 12.7 Å². The lowest BCUT2D eigenvalue weighted by Crippen LogP contribution is -2.28. The smallest absolute Gasteiger partial charge is 0.270 e. The molecule has 26 heavy (non-hydrogen) atoms. The Morgan fingerprint density at radius 2 is 1.77 bits per heavy atom. The third kappa shape index (κ3) is 2.56. The van der Waals surface area contributed by atoms with Crippen molar-refractivity contribution in [1.29, 1.82) is 5.26 Å². The molecule has 0 amide bonds. The lowest BCUT2D eigenvalue weighted by Gasteiger charge is -2.11. The topological polar surface area (TPSA) is 80.2 Å². The Morgan fingerprint density at radius 1 is 1.00 bits per heavy atom. The number of hydrogen-bond donors (Lipinski definition) is 0. The van der Waals surface area contributed by atoms with Crippen LogP contribution in [0, 0.1) is 11.3 Å². The molecule has 126 valence electrons. The van der Waals surface area contributed by atoms with Gasteiger partial charge in [-0.15, -0.1) is 0 Å². The predicted molar refractivity (Wildman–Crippen MR) is 98.1 cm³/mol. The molecule has 4 rings (SSSR count). The first-order valence-corrected chi connectivity index (χ1v) is 8.18. The number of nitriles is 1. The molecule has 0 radical (unpaired) electrons. The minimum atomic E-state index is -0.428. The van der Waals surface area contributed by atoms with E-state index in [9.17, 15) is 14.9 Å². The second-order valence-electron chi connectivity index (χ2n) is 5.95. The predicted octanol–water partition coefficient (Wildman–Crippen LogP) is 2.12. The number of aryl methyl sites for hydroxylation is 2. The molecule has 1 aromatic carbocycles. The lowest BCUT2D eigenvalue weighted by molar-refractivity contribution is 0.686. The quantitative estimate of drug-likeness (QED) is 0.534. The van der Waals surface area contributed by atoms with Crippen LogP contribution < -0.4 is 11.1 Å². The van der Waals surface area contributed by atoms with Gasteiger partial charge in [-0.05, 0) is 30.2 Å². The molecule has 6 nitrogen and oxygen atoms in total. The number of rotatable bonds is 3. The fourth-order valence-corrected chi connectivity index (χ4v) is 3.04. The van der Waals surface area contributed by atoms with Gasteiger partial charge in [0.15, 0.2) is 5.65 Å². The summed E-state index contributed by atoms with van der Waals surface area (Å²) in [7, 11) is 0. The number of hydrogen-bond acceptors (Lipinski definition) is 4. The summed E-state index contributed by atoms with van der Waals surface area (Å²) in [6.45, 7) is 0.338. The van der Waals surface area contributed by atoms with Crippen LogP contribution in [0.3, 0.4) is 0 Å². The van der Waals surface area contributed by atoms with Gasteiger partial charge in [-0.2, -0.15) is 5.26 Å². The molecule has 0 unspecified atom stereocenters. The Labute approximate surface area is 148 Å². The maximum Gasteiger partial charge on any atom is 0.270 e. The van der Waals surface area contributed by atoms with Crippen LogP contribution in [0.1, 0.15) is 11.1 Å². The summed E-state index contributed by atoms with van der Waals surface area (Å²) in [5, 5.41) is 9.56. The molecule has 3 aromatic heterocycles. The van der Waals surface area contributed by atoms with Gasteiger partial charge in [-0.3, -0.25) is 18.6 Å². The highest BCUT2D eigenvalue weighted by molar-refractivity contribution is 5.77. The highest BCUT2D eigenvalue weighted by Gasteiger charge is 2.14. The second-order valence-corrected chi connectivity index (χ2v) is 5.95. The summed E-state index contributed by atoms with van der Waals surface area (Å²) in [4.78, 5) is 30.0. The molecule has 0 saturated carbocycles. The normalized spacial score (nSPS) is 10.9. The van der Waals surface area contributed by atoms with E-state index in [1.165, 1.54) is 15.0 Å². The molecule has 0 fully saturated rings. The third-order valence-corrected chi connectivity index (χ3v) is 4.36. The maximum atomic E-state index is 12.8. The molecule has 0 aliphatic rings. The van der Waals surface area contributed by atoms with Gasteiger partial charge >= 0.3 is 0 Å². The van der Waals surface area contributed by atoms with Crippen LogP contribution >= 0.6 is 0 Å². The molecule has 6 heteroatoms. The van der Waals surface area contributed by atoms with Gasteiger partial charge in [0.05, 0.1) is 5.39 Å². The monoisotopic (exact) mass is 342 g/mol. The van der Waals surface area contributed by atoms with E-state index in [4.69, 9.17) is 0 Å². The zero-order valence-corrected chi connectivity index (χ0v) is 13.8. The van der Waals surface area contributed by atoms with Crippen LogP contribution in [0.15, 0.2) is 70.4 Å². The summed E-state index contributed by atoms with van der Waals surface area (Å²) in [6.07, 6.45) is 2.22. The van der Waals surface area contributed by atoms with Crippen LogP contribution in [0.4, 0.5) is 0 Å². The summed E-state index contributed by atoms with van der Waals surface area (Å²) in [6, 6.07) is 18.2. The highest BCUT2D eigenvalue weighted by Crippen LogP contribution is 2.11. The zero-order valence-electron chi connectivity index (χ0n) is 13.8. The van der Waals surface area contributed by atoms with Gasteiger partial charge in [-0.1, -0.05) is 36.4 Å². The fourth-order valence-electron chi connectivity index (χ4n) is 3.04. The largest absolute Gasteiger partial charge is 0.291 e. The first kappa shape index (κ1) is 15.8. The third-order valence-electron chi connectivity index (χ3n) is 4.36. The van der Waals surface area contributed by atoms with Crippen LogP contribution in [-0.2, 0) is 13.0 Å². The van der Waals surface area contributed by atoms with Gasteiger partial charge < -0.3 is 0 Å². The minimum Gasteiger partial charge on any atom is -0.291 e. The number of fused-ring (bicyclic) bond motifs is 2. The molecular weight excluding hydrogens is 328 g/mol. The molecule has 0 aliphatic carbocycles. The van der Waals surface area contributed by atoms with Gasteiger partial charge in [0.25, 0.3) is 11.1 Å². The van der Waals surface area contributed by atoms with Crippen molar-refractivity contribution in [2.75, 3.05) is 0 Å². The lowest BCUT2D eigenvalue weighted by atomic mass is 10.1. The van der Waals surface area contributed by atoms with Crippen molar-refractivity contribution in [3.8, 4) is 6.07 Å². The van der Waals surface area contributed by atoms with E-state index in [2.05, 4.69) is 4.98 Å². The maximum absolute atomic E-state index is 12.8. The van der Waals surface area contributed by atoms with E-state index in [0.717, 1.165) is 5.56 Å². The van der Waals surface area contributed by atoms with Crippen molar-refractivity contribution >= 4 is 16.7 Å². The highest BCUT2D eigenvalue weighted by atomic mass is 16.1. The SMILES string of the molecule is N#Cc1cc2c(=O)n3ccccc3nc2n(CCc2ccccc2)c1=O. The number of benzene rings is 1. The number of nitrogens with zero attached hydrogens (tertiary/aromatic N) is 4. The molecule has 0 N–H and O–H groups in total. The molecule has 0 spiro atoms. The van der Waals surface area contributed by atoms with Crippen molar-refractivity contribution in [3.63, 3.8) is 0 Å². The van der Waals surface area contributed by atoms with Crippen LogP contribution in [-0.4, -0.2) is 14.0 Å². The molecule has 0 atom stereocenters. The Hall–Kier alpha value is -3.72. The van der Waals surface area contributed by atoms with Crippen molar-refractivity contribution in [2.45, 2.75) is 13.0 Å². The fraction of sp³-hybridized carbons (Fsp3) is 0.100. The first-order valence-electron chi connectivity index (χ1n) is 8.18. The van der Waals surface area contributed by atoms with E-state index in [0.29, 0.717) is 24.3 Å². The number of aromatic nitrogens is 3. The molecule has 3 heterocycles. The summed E-state index contributed by atoms with van der Waals surface area (Å²) < 4.78 is 2.84. The van der Waals surface area contributed by atoms with Crippen molar-refractivity contribution < 1.29 is 0 Å². The Morgan fingerprint density at radius 3 is 2.54 bits per heavy atom. The summed E-state index contributed by atoms with van der Waals surface area (Å²) >= 11 is 0. The molecule has 0 bridgehead atoms. The van der Waals surface area contributed by atoms with Gasteiger partial charge in [0.1, 0.15) is 17.3 Å². The van der Waals surface area contributed by atoms with Crippen LogP contribution in [0.25, 0.3) is 16.7 Å². The van der Waals surface area contributed by atoms with Crippen molar-refractivity contribution in [3.05, 3.63) is 92.6 Å². The first-order chi connectivity index (χ1) is 12.7. The van der Waals surface area contributed by atoms with E-state index in [-0.39, 0.29) is 16.5 Å². The Bertz CT molecular complexity index is 1280. The van der Waals surface area contributed by atoms with Crippen molar-refractivity contribution in [2.24, 2.45) is 0 Å². The van der Waals surface area contributed by atoms with Crippen LogP contribution in [0.2, 0.25) is 0 Å². The van der Waals surface area contributed by atoms with Crippen molar-refractivity contribution in [1.82, 2.24) is 14.0 Å². The van der Waals surface area contributed by atoms with Crippen LogP contribution in [0.5, 0.6) is 0 Å². The Kier molecular flexibility index (Phi) is 3.82. The van der Waals surface area contributed by atoms with Gasteiger partial charge in [-0.25, -0.2) is 4.98 Å². The molecular formula is C20H14N4O2. The van der Waals surface area contributed by atoms with E-state index < -0.39 is 5.56 Å². The Balaban J connectivity index is 1.97. The average molecular weight is 342 g/mol. The van der Waals surface area contributed by atoms with E-state index >= 15 is 0 Å². The summed E-state index contributed by atoms with van der Waals surface area (Å²) in [5.74, 6) is 0. The number of pyridine rings is 2. The zero-order chi connectivity index (χ0) is 18.1. The standard InChI is InChI=1S/C20H14N4O2/c21-13-15-12-16-18(22-17-8-4-5-10-23(17)20(16)26)24(19(15)25)11-9-14-6-2-1-3-7-14/h1-8,10,12H,9,11H2. The summed E-state index contributed by atoms with van der Waals surface area (Å²) in [5.41, 5.74) is 1.05. The van der Waals surface area contributed by atoms with Gasteiger partial charge in [0.2, 0.25) is 0 Å². The molecule has 0 aliphatic heterocycles. The average Bonchev–Trinajstić information content (AvgIpc) is 2.68. The molecule has 4 aromatic rings. The van der Waals surface area contributed by atoms with E-state index in [1.54, 1.807) is 24.4 Å². The van der Waals surface area contributed by atoms with E-state index in [1.807, 2.05) is 36.4 Å². The second kappa shape index (κ2) is 6.30. The minimum absolute atomic E-state index is 0.0552.